The average molecular weight is 481 g/mol. The van der Waals surface area contributed by atoms with Gasteiger partial charge in [0.05, 0.1) is 17.7 Å². The third-order valence-corrected chi connectivity index (χ3v) is 8.28. The molecule has 1 amide bonds. The molecular weight excluding hydrogens is 456 g/mol. The Balaban J connectivity index is 1.63. The number of benzene rings is 3. The van der Waals surface area contributed by atoms with Crippen molar-refractivity contribution in [3.8, 4) is 5.75 Å². The van der Waals surface area contributed by atoms with Crippen molar-refractivity contribution in [2.45, 2.75) is 18.7 Å². The number of methoxy groups -OCH3 is 1. The molecule has 0 aliphatic rings. The summed E-state index contributed by atoms with van der Waals surface area (Å²) in [4.78, 5) is 13.4. The van der Waals surface area contributed by atoms with E-state index >= 15 is 0 Å². The number of ether oxygens (including phenoxy) is 1. The van der Waals surface area contributed by atoms with Crippen LogP contribution in [0, 0.1) is 13.8 Å². The minimum atomic E-state index is -3.85. The molecule has 1 aromatic heterocycles. The van der Waals surface area contributed by atoms with Gasteiger partial charge in [-0.05, 0) is 73.3 Å². The van der Waals surface area contributed by atoms with E-state index in [1.807, 2.05) is 44.2 Å². The summed E-state index contributed by atoms with van der Waals surface area (Å²) < 4.78 is 34.1. The molecule has 4 aromatic rings. The maximum Gasteiger partial charge on any atom is 0.267 e. The number of hydrogen-bond acceptors (Lipinski definition) is 5. The Morgan fingerprint density at radius 2 is 1.64 bits per heavy atom. The maximum absolute atomic E-state index is 13.3. The van der Waals surface area contributed by atoms with E-state index in [0.717, 1.165) is 26.9 Å². The second-order valence-corrected chi connectivity index (χ2v) is 10.8. The van der Waals surface area contributed by atoms with E-state index in [2.05, 4.69) is 5.32 Å². The quantitative estimate of drug-likeness (QED) is 0.390. The van der Waals surface area contributed by atoms with Crippen LogP contribution in [0.2, 0.25) is 0 Å². The van der Waals surface area contributed by atoms with Gasteiger partial charge in [0.1, 0.15) is 10.6 Å². The highest BCUT2D eigenvalue weighted by atomic mass is 32.2. The van der Waals surface area contributed by atoms with Gasteiger partial charge in [-0.15, -0.1) is 11.3 Å². The number of amides is 1. The van der Waals surface area contributed by atoms with Crippen LogP contribution in [0.5, 0.6) is 5.75 Å². The largest absolute Gasteiger partial charge is 0.495 e. The van der Waals surface area contributed by atoms with E-state index < -0.39 is 10.0 Å². The molecule has 0 unspecified atom stereocenters. The van der Waals surface area contributed by atoms with E-state index in [9.17, 15) is 13.2 Å². The SMILES string of the molecule is COc1ccc(C)cc1S(=O)(=O)N(C)c1ccc2sc(C(=O)Nc3ccc(C)cc3)cc2c1. The van der Waals surface area contributed by atoms with Crippen molar-refractivity contribution in [1.82, 2.24) is 0 Å². The summed E-state index contributed by atoms with van der Waals surface area (Å²) in [5, 5.41) is 3.69. The van der Waals surface area contributed by atoms with E-state index in [0.29, 0.717) is 16.3 Å². The number of nitrogens with one attached hydrogen (secondary N) is 1. The van der Waals surface area contributed by atoms with Gasteiger partial charge < -0.3 is 10.1 Å². The number of carbonyl (C=O) groups excluding carboxylic acids is 1. The molecule has 1 N–H and O–H groups in total. The third kappa shape index (κ3) is 4.58. The average Bonchev–Trinajstić information content (AvgIpc) is 3.23. The molecule has 0 aliphatic heterocycles. The fourth-order valence-corrected chi connectivity index (χ4v) is 5.80. The fourth-order valence-electron chi connectivity index (χ4n) is 3.44. The Morgan fingerprint density at radius 3 is 2.33 bits per heavy atom. The molecule has 33 heavy (non-hydrogen) atoms. The molecular formula is C25H24N2O4S2. The second-order valence-electron chi connectivity index (χ2n) is 7.78. The van der Waals surface area contributed by atoms with Crippen LogP contribution < -0.4 is 14.4 Å². The van der Waals surface area contributed by atoms with Gasteiger partial charge in [0, 0.05) is 17.4 Å². The molecule has 0 saturated carbocycles. The molecule has 8 heteroatoms. The number of thiophene rings is 1. The van der Waals surface area contributed by atoms with Gasteiger partial charge in [0.2, 0.25) is 0 Å². The zero-order chi connectivity index (χ0) is 23.8. The van der Waals surface area contributed by atoms with E-state index in [-0.39, 0.29) is 10.8 Å². The molecule has 170 valence electrons. The topological polar surface area (TPSA) is 75.7 Å². The number of hydrogen-bond donors (Lipinski definition) is 1. The first-order chi connectivity index (χ1) is 15.7. The van der Waals surface area contributed by atoms with Gasteiger partial charge in [-0.25, -0.2) is 8.42 Å². The maximum atomic E-state index is 13.3. The van der Waals surface area contributed by atoms with E-state index in [4.69, 9.17) is 4.74 Å². The van der Waals surface area contributed by atoms with Crippen molar-refractivity contribution < 1.29 is 17.9 Å². The summed E-state index contributed by atoms with van der Waals surface area (Å²) in [7, 11) is -0.889. The summed E-state index contributed by atoms with van der Waals surface area (Å²) in [6, 6.07) is 19.8. The van der Waals surface area contributed by atoms with E-state index in [1.54, 1.807) is 36.4 Å². The van der Waals surface area contributed by atoms with Crippen LogP contribution in [-0.4, -0.2) is 28.5 Å². The van der Waals surface area contributed by atoms with Crippen molar-refractivity contribution in [3.05, 3.63) is 82.7 Å². The first-order valence-electron chi connectivity index (χ1n) is 10.2. The lowest BCUT2D eigenvalue weighted by Crippen LogP contribution is -2.27. The zero-order valence-electron chi connectivity index (χ0n) is 18.7. The van der Waals surface area contributed by atoms with Crippen LogP contribution in [0.4, 0.5) is 11.4 Å². The molecule has 0 bridgehead atoms. The van der Waals surface area contributed by atoms with Crippen LogP contribution in [0.1, 0.15) is 20.8 Å². The third-order valence-electron chi connectivity index (χ3n) is 5.35. The Morgan fingerprint density at radius 1 is 0.939 bits per heavy atom. The van der Waals surface area contributed by atoms with Crippen molar-refractivity contribution in [3.63, 3.8) is 0 Å². The standard InChI is InChI=1S/C25H24N2O4S2/c1-16-5-8-19(9-6-16)26-25(28)23-15-18-14-20(10-12-22(18)32-23)27(3)33(29,30)24-13-17(2)7-11-21(24)31-4/h5-15H,1-4H3,(H,26,28). The summed E-state index contributed by atoms with van der Waals surface area (Å²) >= 11 is 1.36. The summed E-state index contributed by atoms with van der Waals surface area (Å²) in [6.07, 6.45) is 0. The number of nitrogens with zero attached hydrogens (tertiary/aromatic N) is 1. The number of rotatable bonds is 6. The Labute approximate surface area is 197 Å². The smallest absolute Gasteiger partial charge is 0.267 e. The molecule has 0 fully saturated rings. The van der Waals surface area contributed by atoms with Gasteiger partial charge >= 0.3 is 0 Å². The number of sulfonamides is 1. The molecule has 0 spiro atoms. The van der Waals surface area contributed by atoms with Crippen LogP contribution in [0.3, 0.4) is 0 Å². The molecule has 0 radical (unpaired) electrons. The molecule has 6 nitrogen and oxygen atoms in total. The van der Waals surface area contributed by atoms with E-state index in [1.165, 1.54) is 29.8 Å². The first kappa shape index (κ1) is 22.8. The number of carbonyl (C=O) groups is 1. The second kappa shape index (κ2) is 8.88. The van der Waals surface area contributed by atoms with Gasteiger partial charge in [0.15, 0.2) is 0 Å². The zero-order valence-corrected chi connectivity index (χ0v) is 20.4. The molecule has 1 heterocycles. The Bertz CT molecular complexity index is 1440. The lowest BCUT2D eigenvalue weighted by Gasteiger charge is -2.21. The highest BCUT2D eigenvalue weighted by molar-refractivity contribution is 7.93. The lowest BCUT2D eigenvalue weighted by atomic mass is 10.2. The summed E-state index contributed by atoms with van der Waals surface area (Å²) in [6.45, 7) is 3.82. The van der Waals surface area contributed by atoms with Crippen LogP contribution in [0.15, 0.2) is 71.6 Å². The minimum absolute atomic E-state index is 0.107. The normalized spacial score (nSPS) is 11.4. The van der Waals surface area contributed by atoms with Crippen LogP contribution in [0.25, 0.3) is 10.1 Å². The first-order valence-corrected chi connectivity index (χ1v) is 12.5. The molecule has 0 saturated heterocycles. The van der Waals surface area contributed by atoms with Crippen LogP contribution >= 0.6 is 11.3 Å². The fraction of sp³-hybridized carbons (Fsp3) is 0.160. The number of anilines is 2. The highest BCUT2D eigenvalue weighted by Crippen LogP contribution is 2.33. The summed E-state index contributed by atoms with van der Waals surface area (Å²) in [5.74, 6) is 0.0891. The number of fused-ring (bicyclic) bond motifs is 1. The van der Waals surface area contributed by atoms with Crippen molar-refractivity contribution in [2.75, 3.05) is 23.8 Å². The van der Waals surface area contributed by atoms with Crippen molar-refractivity contribution in [2.24, 2.45) is 0 Å². The molecule has 3 aromatic carbocycles. The van der Waals surface area contributed by atoms with Crippen LogP contribution in [-0.2, 0) is 10.0 Å². The minimum Gasteiger partial charge on any atom is -0.495 e. The predicted molar refractivity (Wildman–Crippen MR) is 134 cm³/mol. The van der Waals surface area contributed by atoms with Crippen molar-refractivity contribution >= 4 is 48.7 Å². The Hall–Kier alpha value is -3.36. The highest BCUT2D eigenvalue weighted by Gasteiger charge is 2.26. The monoisotopic (exact) mass is 480 g/mol. The Kier molecular flexibility index (Phi) is 6.14. The predicted octanol–water partition coefficient (Wildman–Crippen LogP) is 5.60. The van der Waals surface area contributed by atoms with Gasteiger partial charge in [-0.2, -0.15) is 0 Å². The molecule has 0 aliphatic carbocycles. The summed E-state index contributed by atoms with van der Waals surface area (Å²) in [5.41, 5.74) is 3.15. The van der Waals surface area contributed by atoms with Gasteiger partial charge in [-0.1, -0.05) is 23.8 Å². The molecule has 0 atom stereocenters. The lowest BCUT2D eigenvalue weighted by molar-refractivity contribution is 0.103. The molecule has 4 rings (SSSR count). The van der Waals surface area contributed by atoms with Gasteiger partial charge in [0.25, 0.3) is 15.9 Å². The van der Waals surface area contributed by atoms with Gasteiger partial charge in [-0.3, -0.25) is 9.10 Å². The van der Waals surface area contributed by atoms with Crippen molar-refractivity contribution in [1.29, 1.82) is 0 Å². The number of aryl methyl sites for hydroxylation is 2.